The van der Waals surface area contributed by atoms with Crippen LogP contribution < -0.4 is 20.1 Å². The van der Waals surface area contributed by atoms with Gasteiger partial charge in [-0.15, -0.1) is 0 Å². The van der Waals surface area contributed by atoms with Gasteiger partial charge in [0.05, 0.1) is 26.6 Å². The minimum Gasteiger partial charge on any atom is -0.548 e. The van der Waals surface area contributed by atoms with Crippen molar-refractivity contribution in [1.82, 2.24) is 5.32 Å². The third kappa shape index (κ3) is 7.74. The van der Waals surface area contributed by atoms with Crippen LogP contribution in [0.25, 0.3) is 6.08 Å². The quantitative estimate of drug-likeness (QED) is 0.548. The number of carbonyl (C=O) groups excluding carboxylic acids is 2. The Bertz CT molecular complexity index is 512. The van der Waals surface area contributed by atoms with Crippen LogP contribution in [0.2, 0.25) is 0 Å². The van der Waals surface area contributed by atoms with Crippen molar-refractivity contribution in [2.45, 2.75) is 0 Å². The number of aliphatic carboxylic acids is 1. The second-order valence-electron chi connectivity index (χ2n) is 4.80. The van der Waals surface area contributed by atoms with Crippen LogP contribution >= 0.6 is 0 Å². The predicted molar refractivity (Wildman–Crippen MR) is 76.7 cm³/mol. The lowest BCUT2D eigenvalue weighted by Gasteiger charge is -2.09. The molecule has 0 spiro atoms. The van der Waals surface area contributed by atoms with Gasteiger partial charge in [-0.05, 0) is 23.8 Å². The topological polar surface area (TPSA) is 82.9 Å². The number of quaternary nitrogens is 1. The van der Waals surface area contributed by atoms with Crippen LogP contribution in [0.3, 0.4) is 0 Å². The molecule has 0 fully saturated rings. The molecule has 0 heterocycles. The number of hydrogen-bond acceptors (Lipinski definition) is 4. The van der Waals surface area contributed by atoms with E-state index in [0.29, 0.717) is 6.61 Å². The molecule has 1 rings (SSSR count). The second kappa shape index (κ2) is 8.76. The summed E-state index contributed by atoms with van der Waals surface area (Å²) < 4.78 is 5.60. The Labute approximate surface area is 124 Å². The molecule has 6 nitrogen and oxygen atoms in total. The summed E-state index contributed by atoms with van der Waals surface area (Å²) in [6.45, 7) is 1.01. The molecule has 2 N–H and O–H groups in total. The number of carboxylic acids is 1. The Kier molecular flexibility index (Phi) is 6.97. The van der Waals surface area contributed by atoms with Gasteiger partial charge in [-0.3, -0.25) is 4.79 Å². The Morgan fingerprint density at radius 3 is 2.81 bits per heavy atom. The molecule has 0 aliphatic heterocycles. The number of amides is 1. The summed E-state index contributed by atoms with van der Waals surface area (Å²) in [5, 5.41) is 12.4. The fraction of sp³-hybridized carbons (Fsp3) is 0.333. The summed E-state index contributed by atoms with van der Waals surface area (Å²) >= 11 is 0. The van der Waals surface area contributed by atoms with E-state index in [1.165, 1.54) is 11.0 Å². The first-order valence-electron chi connectivity index (χ1n) is 6.65. The normalized spacial score (nSPS) is 10.8. The molecular weight excluding hydrogens is 272 g/mol. The van der Waals surface area contributed by atoms with Gasteiger partial charge in [-0.1, -0.05) is 12.1 Å². The molecule has 0 unspecified atom stereocenters. The van der Waals surface area contributed by atoms with Crippen LogP contribution in [-0.2, 0) is 9.59 Å². The van der Waals surface area contributed by atoms with E-state index in [4.69, 9.17) is 4.74 Å². The van der Waals surface area contributed by atoms with Gasteiger partial charge in [0, 0.05) is 6.08 Å². The van der Waals surface area contributed by atoms with Crippen LogP contribution in [-0.4, -0.2) is 45.7 Å². The largest absolute Gasteiger partial charge is 0.548 e. The number of hydrogen-bond donors (Lipinski definition) is 2. The van der Waals surface area contributed by atoms with E-state index < -0.39 is 18.4 Å². The molecule has 0 bridgehead atoms. The van der Waals surface area contributed by atoms with E-state index in [2.05, 4.69) is 5.32 Å². The van der Waals surface area contributed by atoms with Gasteiger partial charge in [0.15, 0.2) is 0 Å². The molecule has 0 atom stereocenters. The van der Waals surface area contributed by atoms with Crippen molar-refractivity contribution in [3.05, 3.63) is 35.9 Å². The molecule has 0 saturated carbocycles. The standard InChI is InChI=1S/C15H20N2O4/c1-17(2)8-9-21-13-5-3-4-12(10-13)6-7-14(18)16-11-15(19)20/h3-7,10H,8-9,11H2,1-2H3,(H,16,18)(H,19,20)/b7-6-. The lowest BCUT2D eigenvalue weighted by Crippen LogP contribution is -3.06. The maximum absolute atomic E-state index is 11.3. The smallest absolute Gasteiger partial charge is 0.244 e. The van der Waals surface area contributed by atoms with E-state index in [0.717, 1.165) is 17.9 Å². The van der Waals surface area contributed by atoms with Gasteiger partial charge in [0.1, 0.15) is 18.9 Å². The summed E-state index contributed by atoms with van der Waals surface area (Å²) in [5.41, 5.74) is 0.799. The van der Waals surface area contributed by atoms with Gasteiger partial charge in [0.25, 0.3) is 0 Å². The molecule has 1 aromatic rings. The summed E-state index contributed by atoms with van der Waals surface area (Å²) in [6.07, 6.45) is 2.86. The molecule has 0 aromatic heterocycles. The minimum atomic E-state index is -1.32. The van der Waals surface area contributed by atoms with Crippen molar-refractivity contribution in [2.75, 3.05) is 33.8 Å². The number of rotatable bonds is 8. The number of benzene rings is 1. The van der Waals surface area contributed by atoms with E-state index in [1.807, 2.05) is 38.4 Å². The van der Waals surface area contributed by atoms with Gasteiger partial charge in [-0.2, -0.15) is 0 Å². The number of carboxylic acid groups (broad SMARTS) is 1. The SMILES string of the molecule is C[NH+](C)CCOc1cccc(/C=C\C(=O)NCC(=O)[O-])c1. The number of nitrogens with one attached hydrogen (secondary N) is 2. The van der Waals surface area contributed by atoms with E-state index in [9.17, 15) is 14.7 Å². The third-order valence-corrected chi connectivity index (χ3v) is 2.56. The number of likely N-dealkylation sites (N-methyl/N-ethyl adjacent to an activating group) is 1. The Hall–Kier alpha value is -2.34. The average Bonchev–Trinajstić information content (AvgIpc) is 2.43. The lowest BCUT2D eigenvalue weighted by molar-refractivity contribution is -0.858. The molecule has 1 amide bonds. The van der Waals surface area contributed by atoms with E-state index in [1.54, 1.807) is 6.08 Å². The summed E-state index contributed by atoms with van der Waals surface area (Å²) in [4.78, 5) is 22.8. The number of ether oxygens (including phenoxy) is 1. The molecule has 0 radical (unpaired) electrons. The maximum atomic E-state index is 11.3. The van der Waals surface area contributed by atoms with Crippen LogP contribution in [0.15, 0.2) is 30.3 Å². The highest BCUT2D eigenvalue weighted by Gasteiger charge is 1.98. The second-order valence-corrected chi connectivity index (χ2v) is 4.80. The summed E-state index contributed by atoms with van der Waals surface area (Å²) in [6, 6.07) is 7.31. The Morgan fingerprint density at radius 2 is 2.14 bits per heavy atom. The number of carbonyl (C=O) groups is 2. The monoisotopic (exact) mass is 292 g/mol. The van der Waals surface area contributed by atoms with Crippen molar-refractivity contribution in [1.29, 1.82) is 0 Å². The first kappa shape index (κ1) is 16.7. The summed E-state index contributed by atoms with van der Waals surface area (Å²) in [5.74, 6) is -1.08. The molecule has 0 aliphatic carbocycles. The first-order valence-corrected chi connectivity index (χ1v) is 6.65. The van der Waals surface area contributed by atoms with E-state index >= 15 is 0 Å². The van der Waals surface area contributed by atoms with E-state index in [-0.39, 0.29) is 0 Å². The average molecular weight is 292 g/mol. The highest BCUT2D eigenvalue weighted by atomic mass is 16.5. The first-order chi connectivity index (χ1) is 9.97. The fourth-order valence-electron chi connectivity index (χ4n) is 1.47. The van der Waals surface area contributed by atoms with Crippen molar-refractivity contribution < 1.29 is 24.3 Å². The van der Waals surface area contributed by atoms with Crippen LogP contribution in [0.5, 0.6) is 5.75 Å². The van der Waals surface area contributed by atoms with Crippen molar-refractivity contribution in [3.8, 4) is 5.75 Å². The Morgan fingerprint density at radius 1 is 1.38 bits per heavy atom. The van der Waals surface area contributed by atoms with Gasteiger partial charge >= 0.3 is 0 Å². The van der Waals surface area contributed by atoms with Gasteiger partial charge in [-0.25, -0.2) is 0 Å². The van der Waals surface area contributed by atoms with Crippen LogP contribution in [0, 0.1) is 0 Å². The van der Waals surface area contributed by atoms with Crippen LogP contribution in [0.1, 0.15) is 5.56 Å². The predicted octanol–water partition coefficient (Wildman–Crippen LogP) is -1.91. The van der Waals surface area contributed by atoms with Crippen molar-refractivity contribution in [3.63, 3.8) is 0 Å². The molecule has 0 saturated heterocycles. The van der Waals surface area contributed by atoms with Crippen LogP contribution in [0.4, 0.5) is 0 Å². The Balaban J connectivity index is 2.51. The zero-order chi connectivity index (χ0) is 15.7. The fourth-order valence-corrected chi connectivity index (χ4v) is 1.47. The molecular formula is C15H20N2O4. The zero-order valence-electron chi connectivity index (χ0n) is 12.2. The molecule has 0 aliphatic rings. The maximum Gasteiger partial charge on any atom is 0.244 e. The minimum absolute atomic E-state index is 0.485. The van der Waals surface area contributed by atoms with Crippen molar-refractivity contribution in [2.24, 2.45) is 0 Å². The van der Waals surface area contributed by atoms with Gasteiger partial charge in [0.2, 0.25) is 5.91 Å². The molecule has 1 aromatic carbocycles. The summed E-state index contributed by atoms with van der Waals surface area (Å²) in [7, 11) is 4.10. The van der Waals surface area contributed by atoms with Crippen molar-refractivity contribution >= 4 is 18.0 Å². The van der Waals surface area contributed by atoms with Gasteiger partial charge < -0.3 is 24.9 Å². The molecule has 21 heavy (non-hydrogen) atoms. The highest BCUT2D eigenvalue weighted by Crippen LogP contribution is 2.14. The third-order valence-electron chi connectivity index (χ3n) is 2.56. The lowest BCUT2D eigenvalue weighted by atomic mass is 10.2. The molecule has 114 valence electrons. The molecule has 6 heteroatoms. The zero-order valence-corrected chi connectivity index (χ0v) is 12.2. The highest BCUT2D eigenvalue weighted by molar-refractivity contribution is 5.93.